The van der Waals surface area contributed by atoms with E-state index in [0.717, 1.165) is 0 Å². The first-order valence-corrected chi connectivity index (χ1v) is 3.27. The van der Waals surface area contributed by atoms with Crippen molar-refractivity contribution in [1.29, 1.82) is 0 Å². The van der Waals surface area contributed by atoms with Crippen molar-refractivity contribution in [3.05, 3.63) is 29.8 Å². The van der Waals surface area contributed by atoms with Crippen LogP contribution in [0.5, 0.6) is 5.75 Å². The topological polar surface area (TPSA) is 46.5 Å². The molecule has 0 amide bonds. The molecule has 0 heterocycles. The molecule has 0 aliphatic rings. The predicted octanol–water partition coefficient (Wildman–Crippen LogP) is 1.69. The monoisotopic (exact) mass is 170 g/mol. The SMILES string of the molecule is O=C(O)c1ccccc1OCF. The van der Waals surface area contributed by atoms with Gasteiger partial charge in [-0.05, 0) is 12.1 Å². The van der Waals surface area contributed by atoms with Gasteiger partial charge >= 0.3 is 5.97 Å². The summed E-state index contributed by atoms with van der Waals surface area (Å²) < 4.78 is 16.2. The second-order valence-electron chi connectivity index (χ2n) is 2.05. The number of alkyl halides is 1. The van der Waals surface area contributed by atoms with Crippen LogP contribution in [0.25, 0.3) is 0 Å². The van der Waals surface area contributed by atoms with Crippen LogP contribution in [0.1, 0.15) is 10.4 Å². The van der Waals surface area contributed by atoms with E-state index in [4.69, 9.17) is 5.11 Å². The van der Waals surface area contributed by atoms with Gasteiger partial charge in [0.25, 0.3) is 0 Å². The Labute approximate surface area is 68.4 Å². The molecule has 4 heteroatoms. The van der Waals surface area contributed by atoms with E-state index < -0.39 is 12.8 Å². The van der Waals surface area contributed by atoms with Gasteiger partial charge in [0.15, 0.2) is 0 Å². The van der Waals surface area contributed by atoms with Gasteiger partial charge in [-0.3, -0.25) is 0 Å². The molecular formula is C8H7FO3. The fraction of sp³-hybridized carbons (Fsp3) is 0.125. The lowest BCUT2D eigenvalue weighted by atomic mass is 10.2. The summed E-state index contributed by atoms with van der Waals surface area (Å²) in [6, 6.07) is 5.89. The first kappa shape index (κ1) is 8.52. The van der Waals surface area contributed by atoms with Gasteiger partial charge < -0.3 is 9.84 Å². The highest BCUT2D eigenvalue weighted by Crippen LogP contribution is 2.17. The van der Waals surface area contributed by atoms with E-state index in [2.05, 4.69) is 4.74 Å². The van der Waals surface area contributed by atoms with Crippen LogP contribution in [0.4, 0.5) is 4.39 Å². The summed E-state index contributed by atoms with van der Waals surface area (Å²) in [5.74, 6) is -1.08. The molecule has 0 aliphatic heterocycles. The predicted molar refractivity (Wildman–Crippen MR) is 40.0 cm³/mol. The highest BCUT2D eigenvalue weighted by molar-refractivity contribution is 5.90. The summed E-state index contributed by atoms with van der Waals surface area (Å²) in [6.45, 7) is -1.02. The first-order valence-electron chi connectivity index (χ1n) is 3.27. The highest BCUT2D eigenvalue weighted by atomic mass is 19.1. The molecule has 0 radical (unpaired) electrons. The lowest BCUT2D eigenvalue weighted by molar-refractivity contribution is 0.0689. The number of carboxylic acid groups (broad SMARTS) is 1. The van der Waals surface area contributed by atoms with Crippen molar-refractivity contribution in [1.82, 2.24) is 0 Å². The highest BCUT2D eigenvalue weighted by Gasteiger charge is 2.08. The maximum Gasteiger partial charge on any atom is 0.339 e. The van der Waals surface area contributed by atoms with Crippen molar-refractivity contribution in [3.63, 3.8) is 0 Å². The number of hydrogen-bond acceptors (Lipinski definition) is 2. The van der Waals surface area contributed by atoms with Gasteiger partial charge in [0, 0.05) is 0 Å². The van der Waals surface area contributed by atoms with Crippen molar-refractivity contribution >= 4 is 5.97 Å². The van der Waals surface area contributed by atoms with Gasteiger partial charge in [-0.2, -0.15) is 0 Å². The molecule has 1 rings (SSSR count). The molecule has 1 N–H and O–H groups in total. The van der Waals surface area contributed by atoms with Crippen LogP contribution in [0.3, 0.4) is 0 Å². The van der Waals surface area contributed by atoms with Crippen molar-refractivity contribution in [2.24, 2.45) is 0 Å². The van der Waals surface area contributed by atoms with Crippen molar-refractivity contribution < 1.29 is 19.0 Å². The van der Waals surface area contributed by atoms with Crippen LogP contribution in [0.15, 0.2) is 24.3 Å². The molecule has 0 aromatic heterocycles. The van der Waals surface area contributed by atoms with Crippen LogP contribution in [-0.2, 0) is 0 Å². The Morgan fingerprint density at radius 1 is 1.50 bits per heavy atom. The summed E-state index contributed by atoms with van der Waals surface area (Å²) in [6.07, 6.45) is 0. The van der Waals surface area contributed by atoms with Gasteiger partial charge in [-0.15, -0.1) is 0 Å². The summed E-state index contributed by atoms with van der Waals surface area (Å²) in [4.78, 5) is 10.5. The minimum atomic E-state index is -1.13. The fourth-order valence-corrected chi connectivity index (χ4v) is 0.828. The smallest absolute Gasteiger partial charge is 0.339 e. The minimum absolute atomic E-state index is 0.0323. The lowest BCUT2D eigenvalue weighted by Crippen LogP contribution is -2.01. The van der Waals surface area contributed by atoms with Gasteiger partial charge in [0.2, 0.25) is 6.86 Å². The molecule has 0 spiro atoms. The number of halogens is 1. The third-order valence-electron chi connectivity index (χ3n) is 1.33. The number of ether oxygens (including phenoxy) is 1. The summed E-state index contributed by atoms with van der Waals surface area (Å²) in [7, 11) is 0. The van der Waals surface area contributed by atoms with Gasteiger partial charge in [0.1, 0.15) is 11.3 Å². The van der Waals surface area contributed by atoms with Crippen LogP contribution in [-0.4, -0.2) is 17.9 Å². The number of hydrogen-bond donors (Lipinski definition) is 1. The van der Waals surface area contributed by atoms with Crippen molar-refractivity contribution in [3.8, 4) is 5.75 Å². The molecule has 0 bridgehead atoms. The van der Waals surface area contributed by atoms with Gasteiger partial charge in [-0.1, -0.05) is 12.1 Å². The molecule has 3 nitrogen and oxygen atoms in total. The first-order chi connectivity index (χ1) is 5.75. The van der Waals surface area contributed by atoms with E-state index in [1.165, 1.54) is 12.1 Å². The van der Waals surface area contributed by atoms with Crippen LogP contribution in [0, 0.1) is 0 Å². The zero-order valence-corrected chi connectivity index (χ0v) is 6.16. The van der Waals surface area contributed by atoms with Gasteiger partial charge in [-0.25, -0.2) is 9.18 Å². The van der Waals surface area contributed by atoms with Crippen LogP contribution >= 0.6 is 0 Å². The number of carboxylic acids is 1. The zero-order chi connectivity index (χ0) is 8.97. The van der Waals surface area contributed by atoms with E-state index in [9.17, 15) is 9.18 Å². The number of benzene rings is 1. The third-order valence-corrected chi connectivity index (χ3v) is 1.33. The van der Waals surface area contributed by atoms with Gasteiger partial charge in [0.05, 0.1) is 0 Å². The Bertz CT molecular complexity index is 285. The second-order valence-corrected chi connectivity index (χ2v) is 2.05. The maximum atomic E-state index is 11.7. The van der Waals surface area contributed by atoms with Crippen LogP contribution in [0.2, 0.25) is 0 Å². The number of para-hydroxylation sites is 1. The number of carbonyl (C=O) groups is 1. The molecule has 64 valence electrons. The van der Waals surface area contributed by atoms with E-state index >= 15 is 0 Å². The van der Waals surface area contributed by atoms with Crippen LogP contribution < -0.4 is 4.74 Å². The fourth-order valence-electron chi connectivity index (χ4n) is 0.828. The van der Waals surface area contributed by atoms with E-state index in [1.807, 2.05) is 0 Å². The summed E-state index contributed by atoms with van der Waals surface area (Å²) in [5.41, 5.74) is -0.0323. The quantitative estimate of drug-likeness (QED) is 0.750. The Balaban J connectivity index is 3.00. The average Bonchev–Trinajstić information content (AvgIpc) is 2.05. The minimum Gasteiger partial charge on any atom is -0.478 e. The largest absolute Gasteiger partial charge is 0.478 e. The molecule has 0 saturated heterocycles. The van der Waals surface area contributed by atoms with E-state index in [1.54, 1.807) is 12.1 Å². The van der Waals surface area contributed by atoms with Crippen molar-refractivity contribution in [2.75, 3.05) is 6.86 Å². The molecule has 0 saturated carbocycles. The number of rotatable bonds is 3. The Morgan fingerprint density at radius 2 is 2.17 bits per heavy atom. The van der Waals surface area contributed by atoms with E-state index in [0.29, 0.717) is 0 Å². The number of aromatic carboxylic acids is 1. The summed E-state index contributed by atoms with van der Waals surface area (Å²) in [5, 5.41) is 8.59. The average molecular weight is 170 g/mol. The van der Waals surface area contributed by atoms with Crippen molar-refractivity contribution in [2.45, 2.75) is 0 Å². The van der Waals surface area contributed by atoms with E-state index in [-0.39, 0.29) is 11.3 Å². The third kappa shape index (κ3) is 1.72. The molecule has 0 fully saturated rings. The molecular weight excluding hydrogens is 163 g/mol. The standard InChI is InChI=1S/C8H7FO3/c9-5-12-7-4-2-1-3-6(7)8(10)11/h1-4H,5H2,(H,10,11). The lowest BCUT2D eigenvalue weighted by Gasteiger charge is -2.03. The maximum absolute atomic E-state index is 11.7. The molecule has 1 aromatic rings. The zero-order valence-electron chi connectivity index (χ0n) is 6.16. The molecule has 1 aromatic carbocycles. The molecule has 0 aliphatic carbocycles. The Hall–Kier alpha value is -1.58. The second kappa shape index (κ2) is 3.71. The molecule has 0 atom stereocenters. The summed E-state index contributed by atoms with van der Waals surface area (Å²) >= 11 is 0. The normalized spacial score (nSPS) is 9.42. The Kier molecular flexibility index (Phi) is 2.63. The Morgan fingerprint density at radius 3 is 2.75 bits per heavy atom. The molecule has 12 heavy (non-hydrogen) atoms. The molecule has 0 unspecified atom stereocenters.